The number of likely N-dealkylation sites (tertiary alicyclic amines) is 1. The highest BCUT2D eigenvalue weighted by Crippen LogP contribution is 2.37. The molecule has 0 unspecified atom stereocenters. The second-order valence-corrected chi connectivity index (χ2v) is 9.32. The van der Waals surface area contributed by atoms with Crippen LogP contribution < -0.4 is 10.1 Å². The van der Waals surface area contributed by atoms with Crippen LogP contribution in [0, 0.1) is 0 Å². The molecule has 6 nitrogen and oxygen atoms in total. The zero-order valence-electron chi connectivity index (χ0n) is 17.6. The molecular formula is C24H25N3O3S. The molecule has 3 aromatic rings. The Labute approximate surface area is 185 Å². The highest BCUT2D eigenvalue weighted by Gasteiger charge is 2.50. The number of ether oxygens (including phenoxy) is 1. The fourth-order valence-electron chi connectivity index (χ4n) is 4.66. The maximum Gasteiger partial charge on any atom is 0.326 e. The van der Waals surface area contributed by atoms with Crippen molar-refractivity contribution in [2.24, 2.45) is 0 Å². The Morgan fingerprint density at radius 1 is 1.16 bits per heavy atom. The van der Waals surface area contributed by atoms with E-state index in [0.717, 1.165) is 41.5 Å². The lowest BCUT2D eigenvalue weighted by Gasteiger charge is -2.28. The van der Waals surface area contributed by atoms with Gasteiger partial charge in [0.1, 0.15) is 11.3 Å². The normalized spacial score (nSPS) is 24.2. The first kappa shape index (κ1) is 20.0. The summed E-state index contributed by atoms with van der Waals surface area (Å²) in [7, 11) is 1.64. The minimum atomic E-state index is -1.08. The molecule has 3 heterocycles. The Morgan fingerprint density at radius 2 is 1.97 bits per heavy atom. The lowest BCUT2D eigenvalue weighted by Crippen LogP contribution is -2.43. The van der Waals surface area contributed by atoms with E-state index >= 15 is 0 Å². The van der Waals surface area contributed by atoms with Crippen LogP contribution in [0.5, 0.6) is 5.75 Å². The van der Waals surface area contributed by atoms with E-state index in [4.69, 9.17) is 4.74 Å². The molecule has 1 aromatic heterocycles. The fourth-order valence-corrected chi connectivity index (χ4v) is 5.56. The Morgan fingerprint density at radius 3 is 2.74 bits per heavy atom. The largest absolute Gasteiger partial charge is 0.497 e. The van der Waals surface area contributed by atoms with Gasteiger partial charge in [-0.15, -0.1) is 11.3 Å². The predicted molar refractivity (Wildman–Crippen MR) is 121 cm³/mol. The zero-order valence-corrected chi connectivity index (χ0v) is 18.4. The summed E-state index contributed by atoms with van der Waals surface area (Å²) in [5, 5.41) is 7.04. The van der Waals surface area contributed by atoms with Gasteiger partial charge in [-0.2, -0.15) is 0 Å². The first-order valence-electron chi connectivity index (χ1n) is 10.5. The van der Waals surface area contributed by atoms with Crippen molar-refractivity contribution in [2.75, 3.05) is 20.3 Å². The smallest absolute Gasteiger partial charge is 0.326 e. The fraction of sp³-hybridized carbons (Fsp3) is 0.333. The number of nitrogens with zero attached hydrogens (tertiary/aromatic N) is 2. The summed E-state index contributed by atoms with van der Waals surface area (Å²) in [6.45, 7) is 2.99. The Balaban J connectivity index is 1.40. The Bertz CT molecular complexity index is 1150. The van der Waals surface area contributed by atoms with Crippen LogP contribution in [0.1, 0.15) is 36.2 Å². The molecule has 2 saturated heterocycles. The van der Waals surface area contributed by atoms with Crippen LogP contribution in [0.4, 0.5) is 4.79 Å². The van der Waals surface area contributed by atoms with Gasteiger partial charge in [0, 0.05) is 17.5 Å². The second-order valence-electron chi connectivity index (χ2n) is 8.34. The van der Waals surface area contributed by atoms with E-state index in [0.29, 0.717) is 6.67 Å². The van der Waals surface area contributed by atoms with Crippen molar-refractivity contribution in [3.8, 4) is 5.75 Å². The van der Waals surface area contributed by atoms with Crippen molar-refractivity contribution in [3.05, 3.63) is 64.4 Å². The number of hydrogen-bond donors (Lipinski definition) is 1. The standard InChI is InChI=1S/C24H25N3O3S/c1-24(18-9-7-17-14-19(30-2)10-8-16(17)13-18)22(28)27(23(29)25-24)15-26-11-3-5-20(26)21-6-4-12-31-21/h4,6-10,12-14,20H,3,5,11,15H2,1-2H3,(H,25,29)/t20-,24+/m1/s1. The van der Waals surface area contributed by atoms with Crippen LogP contribution in [0.15, 0.2) is 53.9 Å². The molecule has 0 saturated carbocycles. The molecular weight excluding hydrogens is 410 g/mol. The first-order valence-corrected chi connectivity index (χ1v) is 11.4. The molecule has 0 radical (unpaired) electrons. The number of amides is 3. The van der Waals surface area contributed by atoms with E-state index in [1.807, 2.05) is 36.4 Å². The van der Waals surface area contributed by atoms with Gasteiger partial charge in [0.05, 0.1) is 13.8 Å². The molecule has 0 spiro atoms. The first-order chi connectivity index (χ1) is 15.0. The number of carbonyl (C=O) groups is 2. The maximum atomic E-state index is 13.5. The van der Waals surface area contributed by atoms with E-state index in [2.05, 4.69) is 27.7 Å². The molecule has 2 aliphatic heterocycles. The van der Waals surface area contributed by atoms with Gasteiger partial charge in [0.2, 0.25) is 0 Å². The van der Waals surface area contributed by atoms with Crippen LogP contribution in [0.3, 0.4) is 0 Å². The van der Waals surface area contributed by atoms with E-state index in [1.54, 1.807) is 25.4 Å². The van der Waals surface area contributed by atoms with Gasteiger partial charge in [-0.3, -0.25) is 9.69 Å². The number of benzene rings is 2. The summed E-state index contributed by atoms with van der Waals surface area (Å²) in [6, 6.07) is 15.8. The van der Waals surface area contributed by atoms with E-state index in [-0.39, 0.29) is 18.0 Å². The molecule has 7 heteroatoms. The summed E-state index contributed by atoms with van der Waals surface area (Å²) < 4.78 is 5.29. The number of methoxy groups -OCH3 is 1. The molecule has 1 N–H and O–H groups in total. The summed E-state index contributed by atoms with van der Waals surface area (Å²) in [5.74, 6) is 0.580. The summed E-state index contributed by atoms with van der Waals surface area (Å²) in [5.41, 5.74) is -0.300. The van der Waals surface area contributed by atoms with Gasteiger partial charge in [-0.05, 0) is 65.7 Å². The number of rotatable bonds is 5. The van der Waals surface area contributed by atoms with Crippen molar-refractivity contribution < 1.29 is 14.3 Å². The van der Waals surface area contributed by atoms with Gasteiger partial charge in [-0.25, -0.2) is 9.69 Å². The summed E-state index contributed by atoms with van der Waals surface area (Å²) in [4.78, 5) is 31.2. The van der Waals surface area contributed by atoms with Crippen LogP contribution in [0.25, 0.3) is 10.8 Å². The number of fused-ring (bicyclic) bond motifs is 1. The number of imide groups is 1. The van der Waals surface area contributed by atoms with Crippen molar-refractivity contribution in [1.82, 2.24) is 15.1 Å². The van der Waals surface area contributed by atoms with Crippen LogP contribution in [0.2, 0.25) is 0 Å². The maximum absolute atomic E-state index is 13.5. The average molecular weight is 436 g/mol. The molecule has 2 aromatic carbocycles. The molecule has 2 fully saturated rings. The lowest BCUT2D eigenvalue weighted by atomic mass is 9.90. The average Bonchev–Trinajstić information content (AvgIpc) is 3.51. The van der Waals surface area contributed by atoms with Gasteiger partial charge < -0.3 is 10.1 Å². The third-order valence-corrected chi connectivity index (χ3v) is 7.43. The third-order valence-electron chi connectivity index (χ3n) is 6.46. The SMILES string of the molecule is COc1ccc2cc([C@]3(C)NC(=O)N(CN4CCC[C@@H]4c4cccs4)C3=O)ccc2c1. The van der Waals surface area contributed by atoms with E-state index < -0.39 is 5.54 Å². The number of carbonyl (C=O) groups excluding carboxylic acids is 2. The molecule has 2 atom stereocenters. The van der Waals surface area contributed by atoms with Crippen molar-refractivity contribution in [3.63, 3.8) is 0 Å². The molecule has 31 heavy (non-hydrogen) atoms. The van der Waals surface area contributed by atoms with E-state index in [1.165, 1.54) is 9.78 Å². The van der Waals surface area contributed by atoms with Crippen molar-refractivity contribution in [1.29, 1.82) is 0 Å². The highest BCUT2D eigenvalue weighted by molar-refractivity contribution is 7.10. The second kappa shape index (κ2) is 7.66. The quantitative estimate of drug-likeness (QED) is 0.601. The number of urea groups is 1. The molecule has 0 bridgehead atoms. The molecule has 2 aliphatic rings. The van der Waals surface area contributed by atoms with Crippen molar-refractivity contribution in [2.45, 2.75) is 31.3 Å². The number of thiophene rings is 1. The van der Waals surface area contributed by atoms with Crippen LogP contribution in [-0.4, -0.2) is 42.1 Å². The minimum Gasteiger partial charge on any atom is -0.497 e. The molecule has 160 valence electrons. The summed E-state index contributed by atoms with van der Waals surface area (Å²) in [6.07, 6.45) is 2.12. The highest BCUT2D eigenvalue weighted by atomic mass is 32.1. The number of hydrogen-bond acceptors (Lipinski definition) is 5. The Hall–Kier alpha value is -2.90. The molecule has 3 amide bonds. The molecule has 0 aliphatic carbocycles. The third kappa shape index (κ3) is 3.38. The van der Waals surface area contributed by atoms with Gasteiger partial charge in [0.25, 0.3) is 5.91 Å². The van der Waals surface area contributed by atoms with Crippen LogP contribution in [-0.2, 0) is 10.3 Å². The minimum absolute atomic E-state index is 0.206. The van der Waals surface area contributed by atoms with Gasteiger partial charge in [-0.1, -0.05) is 24.3 Å². The van der Waals surface area contributed by atoms with Gasteiger partial charge in [0.15, 0.2) is 0 Å². The Kier molecular flexibility index (Phi) is 4.95. The summed E-state index contributed by atoms with van der Waals surface area (Å²) >= 11 is 1.73. The topological polar surface area (TPSA) is 61.9 Å². The monoisotopic (exact) mass is 435 g/mol. The van der Waals surface area contributed by atoms with Gasteiger partial charge >= 0.3 is 6.03 Å². The van der Waals surface area contributed by atoms with Crippen LogP contribution >= 0.6 is 11.3 Å². The lowest BCUT2D eigenvalue weighted by molar-refractivity contribution is -0.132. The zero-order chi connectivity index (χ0) is 21.6. The number of nitrogens with one attached hydrogen (secondary N) is 1. The van der Waals surface area contributed by atoms with Crippen molar-refractivity contribution >= 4 is 34.0 Å². The molecule has 5 rings (SSSR count). The predicted octanol–water partition coefficient (Wildman–Crippen LogP) is 4.47. The van der Waals surface area contributed by atoms with E-state index in [9.17, 15) is 9.59 Å².